The summed E-state index contributed by atoms with van der Waals surface area (Å²) in [4.78, 5) is 4.29. The summed E-state index contributed by atoms with van der Waals surface area (Å²) in [5.41, 5.74) is 3.25. The molecule has 0 atom stereocenters. The van der Waals surface area contributed by atoms with Crippen LogP contribution in [0.5, 0.6) is 5.75 Å². The van der Waals surface area contributed by atoms with Crippen LogP contribution in [0.2, 0.25) is 0 Å². The maximum absolute atomic E-state index is 5.79. The Kier molecular flexibility index (Phi) is 4.39. The van der Waals surface area contributed by atoms with Crippen molar-refractivity contribution in [2.24, 2.45) is 0 Å². The Labute approximate surface area is 114 Å². The molecule has 0 spiro atoms. The quantitative estimate of drug-likeness (QED) is 0.883. The predicted molar refractivity (Wildman–Crippen MR) is 78.6 cm³/mol. The predicted octanol–water partition coefficient (Wildman–Crippen LogP) is 3.83. The molecule has 0 amide bonds. The van der Waals surface area contributed by atoms with Crippen LogP contribution >= 0.6 is 0 Å². The average molecular weight is 256 g/mol. The summed E-state index contributed by atoms with van der Waals surface area (Å²) in [7, 11) is 1.89. The standard InChI is InChI=1S/C16H20N2O/c1-12(2)13-5-4-6-16(9-13)19-11-15-10-14(17-3)7-8-18-15/h4-10,12H,11H2,1-3H3,(H,17,18). The molecule has 0 radical (unpaired) electrons. The van der Waals surface area contributed by atoms with Crippen molar-refractivity contribution in [3.8, 4) is 5.75 Å². The van der Waals surface area contributed by atoms with E-state index in [0.717, 1.165) is 17.1 Å². The van der Waals surface area contributed by atoms with Crippen molar-refractivity contribution in [1.29, 1.82) is 0 Å². The minimum absolute atomic E-state index is 0.483. The van der Waals surface area contributed by atoms with Crippen molar-refractivity contribution in [3.05, 3.63) is 53.9 Å². The van der Waals surface area contributed by atoms with E-state index in [4.69, 9.17) is 4.74 Å². The van der Waals surface area contributed by atoms with Crippen LogP contribution in [0.4, 0.5) is 5.69 Å². The van der Waals surface area contributed by atoms with Gasteiger partial charge in [0.15, 0.2) is 0 Å². The average Bonchev–Trinajstić information content (AvgIpc) is 2.45. The first-order chi connectivity index (χ1) is 9.19. The number of hydrogen-bond donors (Lipinski definition) is 1. The lowest BCUT2D eigenvalue weighted by Crippen LogP contribution is -2.00. The summed E-state index contributed by atoms with van der Waals surface area (Å²) in [6, 6.07) is 12.1. The second-order valence-electron chi connectivity index (χ2n) is 4.80. The zero-order valence-corrected chi connectivity index (χ0v) is 11.7. The van der Waals surface area contributed by atoms with E-state index in [0.29, 0.717) is 12.5 Å². The molecule has 0 saturated carbocycles. The monoisotopic (exact) mass is 256 g/mol. The lowest BCUT2D eigenvalue weighted by molar-refractivity contribution is 0.301. The Bertz CT molecular complexity index is 538. The van der Waals surface area contributed by atoms with Crippen molar-refractivity contribution in [3.63, 3.8) is 0 Å². The second kappa shape index (κ2) is 6.23. The molecular formula is C16H20N2O. The molecular weight excluding hydrogens is 236 g/mol. The molecule has 1 heterocycles. The highest BCUT2D eigenvalue weighted by molar-refractivity contribution is 5.42. The van der Waals surface area contributed by atoms with Gasteiger partial charge in [-0.05, 0) is 35.7 Å². The molecule has 0 fully saturated rings. The maximum atomic E-state index is 5.79. The molecule has 100 valence electrons. The third-order valence-corrected chi connectivity index (χ3v) is 3.02. The van der Waals surface area contributed by atoms with Gasteiger partial charge in [0.2, 0.25) is 0 Å². The van der Waals surface area contributed by atoms with Gasteiger partial charge in [0.1, 0.15) is 12.4 Å². The van der Waals surface area contributed by atoms with Gasteiger partial charge >= 0.3 is 0 Å². The molecule has 0 bridgehead atoms. The molecule has 2 rings (SSSR count). The lowest BCUT2D eigenvalue weighted by Gasteiger charge is -2.10. The molecule has 2 aromatic rings. The fourth-order valence-electron chi connectivity index (χ4n) is 1.83. The fourth-order valence-corrected chi connectivity index (χ4v) is 1.83. The number of ether oxygens (including phenoxy) is 1. The van der Waals surface area contributed by atoms with Gasteiger partial charge in [-0.1, -0.05) is 26.0 Å². The van der Waals surface area contributed by atoms with Crippen LogP contribution in [-0.2, 0) is 6.61 Å². The zero-order valence-electron chi connectivity index (χ0n) is 11.7. The largest absolute Gasteiger partial charge is 0.487 e. The Morgan fingerprint density at radius 2 is 2.05 bits per heavy atom. The van der Waals surface area contributed by atoms with E-state index in [1.54, 1.807) is 6.20 Å². The summed E-state index contributed by atoms with van der Waals surface area (Å²) in [6.07, 6.45) is 1.79. The Hall–Kier alpha value is -2.03. The smallest absolute Gasteiger partial charge is 0.130 e. The van der Waals surface area contributed by atoms with Crippen molar-refractivity contribution in [2.75, 3.05) is 12.4 Å². The first-order valence-corrected chi connectivity index (χ1v) is 6.54. The van der Waals surface area contributed by atoms with Crippen molar-refractivity contribution < 1.29 is 4.74 Å². The van der Waals surface area contributed by atoms with Gasteiger partial charge in [0.25, 0.3) is 0 Å². The van der Waals surface area contributed by atoms with Gasteiger partial charge in [-0.25, -0.2) is 0 Å². The summed E-state index contributed by atoms with van der Waals surface area (Å²) < 4.78 is 5.79. The highest BCUT2D eigenvalue weighted by Crippen LogP contribution is 2.21. The molecule has 1 aromatic carbocycles. The van der Waals surface area contributed by atoms with E-state index in [9.17, 15) is 0 Å². The minimum Gasteiger partial charge on any atom is -0.487 e. The second-order valence-corrected chi connectivity index (χ2v) is 4.80. The van der Waals surface area contributed by atoms with Crippen LogP contribution in [0.25, 0.3) is 0 Å². The van der Waals surface area contributed by atoms with Gasteiger partial charge in [-0.2, -0.15) is 0 Å². The molecule has 0 saturated heterocycles. The van der Waals surface area contributed by atoms with Crippen molar-refractivity contribution in [1.82, 2.24) is 4.98 Å². The summed E-state index contributed by atoms with van der Waals surface area (Å²) in [5.74, 6) is 1.40. The summed E-state index contributed by atoms with van der Waals surface area (Å²) in [5, 5.41) is 3.09. The molecule has 0 aliphatic rings. The third kappa shape index (κ3) is 3.71. The topological polar surface area (TPSA) is 34.2 Å². The Morgan fingerprint density at radius 1 is 1.21 bits per heavy atom. The van der Waals surface area contributed by atoms with Crippen LogP contribution < -0.4 is 10.1 Å². The van der Waals surface area contributed by atoms with Crippen molar-refractivity contribution >= 4 is 5.69 Å². The van der Waals surface area contributed by atoms with Crippen LogP contribution in [-0.4, -0.2) is 12.0 Å². The normalized spacial score (nSPS) is 10.5. The van der Waals surface area contributed by atoms with Crippen LogP contribution in [0.15, 0.2) is 42.6 Å². The SMILES string of the molecule is CNc1ccnc(COc2cccc(C(C)C)c2)c1. The number of benzene rings is 1. The Balaban J connectivity index is 2.03. The molecule has 1 N–H and O–H groups in total. The van der Waals surface area contributed by atoms with Gasteiger partial charge in [0, 0.05) is 18.9 Å². The Morgan fingerprint density at radius 3 is 2.79 bits per heavy atom. The number of nitrogens with zero attached hydrogens (tertiary/aromatic N) is 1. The van der Waals surface area contributed by atoms with Gasteiger partial charge < -0.3 is 10.1 Å². The summed E-state index contributed by atoms with van der Waals surface area (Å²) >= 11 is 0. The zero-order chi connectivity index (χ0) is 13.7. The number of aromatic nitrogens is 1. The third-order valence-electron chi connectivity index (χ3n) is 3.02. The van der Waals surface area contributed by atoms with Crippen LogP contribution in [0.1, 0.15) is 31.0 Å². The van der Waals surface area contributed by atoms with E-state index in [1.165, 1.54) is 5.56 Å². The first-order valence-electron chi connectivity index (χ1n) is 6.54. The number of pyridine rings is 1. The number of nitrogens with one attached hydrogen (secondary N) is 1. The molecule has 0 aliphatic heterocycles. The number of anilines is 1. The van der Waals surface area contributed by atoms with Crippen LogP contribution in [0.3, 0.4) is 0 Å². The molecule has 0 aliphatic carbocycles. The minimum atomic E-state index is 0.483. The van der Waals surface area contributed by atoms with Gasteiger partial charge in [-0.3, -0.25) is 4.98 Å². The molecule has 0 unspecified atom stereocenters. The van der Waals surface area contributed by atoms with E-state index < -0.39 is 0 Å². The molecule has 3 nitrogen and oxygen atoms in total. The first kappa shape index (κ1) is 13.4. The van der Waals surface area contributed by atoms with Gasteiger partial charge in [0.05, 0.1) is 5.69 Å². The maximum Gasteiger partial charge on any atom is 0.130 e. The summed E-state index contributed by atoms with van der Waals surface area (Å²) in [6.45, 7) is 4.84. The van der Waals surface area contributed by atoms with E-state index in [-0.39, 0.29) is 0 Å². The molecule has 19 heavy (non-hydrogen) atoms. The number of hydrogen-bond acceptors (Lipinski definition) is 3. The molecule has 3 heteroatoms. The van der Waals surface area contributed by atoms with Gasteiger partial charge in [-0.15, -0.1) is 0 Å². The van der Waals surface area contributed by atoms with E-state index in [1.807, 2.05) is 31.3 Å². The highest BCUT2D eigenvalue weighted by atomic mass is 16.5. The van der Waals surface area contributed by atoms with Crippen molar-refractivity contribution in [2.45, 2.75) is 26.4 Å². The highest BCUT2D eigenvalue weighted by Gasteiger charge is 2.02. The molecule has 1 aromatic heterocycles. The van der Waals surface area contributed by atoms with Crippen LogP contribution in [0, 0.1) is 0 Å². The fraction of sp³-hybridized carbons (Fsp3) is 0.312. The van der Waals surface area contributed by atoms with E-state index in [2.05, 4.69) is 36.3 Å². The number of rotatable bonds is 5. The lowest BCUT2D eigenvalue weighted by atomic mass is 10.0. The van der Waals surface area contributed by atoms with E-state index >= 15 is 0 Å².